The van der Waals surface area contributed by atoms with Crippen LogP contribution in [0.1, 0.15) is 28.8 Å². The predicted octanol–water partition coefficient (Wildman–Crippen LogP) is 5.24. The minimum absolute atomic E-state index is 0.00281. The largest absolute Gasteiger partial charge is 0.272 e. The molecule has 0 saturated heterocycles. The second kappa shape index (κ2) is 11.0. The van der Waals surface area contributed by atoms with Gasteiger partial charge in [0.15, 0.2) is 5.16 Å². The van der Waals surface area contributed by atoms with Crippen molar-refractivity contribution in [1.82, 2.24) is 15.0 Å². The van der Waals surface area contributed by atoms with Crippen LogP contribution >= 0.6 is 39.0 Å². The van der Waals surface area contributed by atoms with Crippen LogP contribution in [0.15, 0.2) is 68.1 Å². The normalized spacial score (nSPS) is 13.1. The number of nitro groups is 1. The van der Waals surface area contributed by atoms with E-state index in [1.165, 1.54) is 35.0 Å². The van der Waals surface area contributed by atoms with Gasteiger partial charge in [0, 0.05) is 21.5 Å². The van der Waals surface area contributed by atoms with E-state index in [9.17, 15) is 19.7 Å². The van der Waals surface area contributed by atoms with Crippen molar-refractivity contribution in [2.75, 3.05) is 5.75 Å². The Morgan fingerprint density at radius 3 is 2.65 bits per heavy atom. The van der Waals surface area contributed by atoms with Crippen LogP contribution in [0.4, 0.5) is 5.69 Å². The fourth-order valence-electron chi connectivity index (χ4n) is 4.12. The van der Waals surface area contributed by atoms with Crippen LogP contribution in [0, 0.1) is 10.1 Å². The number of halogens is 1. The number of hydrogen-bond donors (Lipinski definition) is 1. The number of nitrogens with one attached hydrogen (secondary N) is 1. The molecule has 0 fully saturated rings. The van der Waals surface area contributed by atoms with Crippen molar-refractivity contribution >= 4 is 67.1 Å². The molecule has 0 atom stereocenters. The Morgan fingerprint density at radius 2 is 1.92 bits per heavy atom. The average Bonchev–Trinajstić information content (AvgIpc) is 3.27. The summed E-state index contributed by atoms with van der Waals surface area (Å²) in [5, 5.41) is 15.8. The Hall–Kier alpha value is -3.35. The first-order valence-electron chi connectivity index (χ1n) is 11.4. The number of rotatable bonds is 7. The highest BCUT2D eigenvalue weighted by atomic mass is 79.9. The lowest BCUT2D eigenvalue weighted by atomic mass is 9.97. The maximum atomic E-state index is 13.7. The molecule has 188 valence electrons. The lowest BCUT2D eigenvalue weighted by molar-refractivity contribution is -0.384. The van der Waals surface area contributed by atoms with E-state index in [-0.39, 0.29) is 22.9 Å². The van der Waals surface area contributed by atoms with Crippen LogP contribution in [0.25, 0.3) is 15.9 Å². The molecule has 0 radical (unpaired) electrons. The van der Waals surface area contributed by atoms with E-state index < -0.39 is 4.92 Å². The highest BCUT2D eigenvalue weighted by Gasteiger charge is 2.23. The van der Waals surface area contributed by atoms with Crippen molar-refractivity contribution in [2.45, 2.75) is 30.8 Å². The molecule has 1 aliphatic carbocycles. The summed E-state index contributed by atoms with van der Waals surface area (Å²) in [5.74, 6) is -0.373. The number of aryl methyl sites for hydroxylation is 2. The molecule has 12 heteroatoms. The van der Waals surface area contributed by atoms with Crippen molar-refractivity contribution in [2.24, 2.45) is 5.10 Å². The maximum absolute atomic E-state index is 13.7. The smallest absolute Gasteiger partial charge is 0.269 e. The van der Waals surface area contributed by atoms with Crippen molar-refractivity contribution in [1.29, 1.82) is 0 Å². The number of carbonyl (C=O) groups is 1. The van der Waals surface area contributed by atoms with E-state index in [0.29, 0.717) is 26.6 Å². The number of hydrazone groups is 1. The molecule has 37 heavy (non-hydrogen) atoms. The molecule has 1 aliphatic rings. The zero-order valence-corrected chi connectivity index (χ0v) is 22.6. The van der Waals surface area contributed by atoms with Gasteiger partial charge in [-0.25, -0.2) is 10.4 Å². The number of amides is 1. The van der Waals surface area contributed by atoms with Gasteiger partial charge in [-0.1, -0.05) is 27.7 Å². The number of nitrogens with zero attached hydrogens (tertiary/aromatic N) is 4. The van der Waals surface area contributed by atoms with Gasteiger partial charge in [0.2, 0.25) is 0 Å². The van der Waals surface area contributed by atoms with Gasteiger partial charge in [0.25, 0.3) is 17.2 Å². The molecule has 2 heterocycles. The first kappa shape index (κ1) is 25.3. The number of hydrogen-bond acceptors (Lipinski definition) is 8. The maximum Gasteiger partial charge on any atom is 0.269 e. The molecule has 0 unspecified atom stereocenters. The summed E-state index contributed by atoms with van der Waals surface area (Å²) in [6.45, 7) is 0. The van der Waals surface area contributed by atoms with E-state index in [1.807, 2.05) is 24.3 Å². The second-order valence-corrected chi connectivity index (χ2v) is 11.3. The molecule has 5 rings (SSSR count). The van der Waals surface area contributed by atoms with Crippen LogP contribution < -0.4 is 11.0 Å². The predicted molar refractivity (Wildman–Crippen MR) is 149 cm³/mol. The fourth-order valence-corrected chi connectivity index (χ4v) is 6.50. The third-order valence-electron chi connectivity index (χ3n) is 5.88. The van der Waals surface area contributed by atoms with Crippen LogP contribution in [0.2, 0.25) is 0 Å². The van der Waals surface area contributed by atoms with Gasteiger partial charge in [0.05, 0.1) is 28.0 Å². The van der Waals surface area contributed by atoms with Crippen molar-refractivity contribution < 1.29 is 9.72 Å². The van der Waals surface area contributed by atoms with Gasteiger partial charge >= 0.3 is 0 Å². The number of nitro benzene ring substituents is 1. The summed E-state index contributed by atoms with van der Waals surface area (Å²) in [5.41, 5.74) is 4.71. The Morgan fingerprint density at radius 1 is 1.19 bits per heavy atom. The summed E-state index contributed by atoms with van der Waals surface area (Å²) in [6.07, 6.45) is 5.43. The summed E-state index contributed by atoms with van der Waals surface area (Å²) in [4.78, 5) is 43.3. The van der Waals surface area contributed by atoms with Crippen molar-refractivity contribution in [3.8, 4) is 5.69 Å². The summed E-state index contributed by atoms with van der Waals surface area (Å²) in [7, 11) is 0. The minimum Gasteiger partial charge on any atom is -0.272 e. The van der Waals surface area contributed by atoms with E-state index in [0.717, 1.165) is 35.7 Å². The topological polar surface area (TPSA) is 119 Å². The molecule has 0 bridgehead atoms. The Labute approximate surface area is 227 Å². The zero-order valence-electron chi connectivity index (χ0n) is 19.3. The molecule has 4 aromatic rings. The molecule has 0 aliphatic heterocycles. The Bertz CT molecular complexity index is 1580. The molecule has 2 aromatic carbocycles. The summed E-state index contributed by atoms with van der Waals surface area (Å²) in [6, 6.07) is 13.2. The van der Waals surface area contributed by atoms with Crippen molar-refractivity contribution in [3.63, 3.8) is 0 Å². The molecular formula is C25H20BrN5O4S2. The van der Waals surface area contributed by atoms with Gasteiger partial charge in [-0.05, 0) is 73.2 Å². The molecule has 0 saturated carbocycles. The fraction of sp³-hybridized carbons (Fsp3) is 0.200. The zero-order chi connectivity index (χ0) is 25.9. The Balaban J connectivity index is 1.38. The number of carbonyl (C=O) groups excluding carboxylic acids is 1. The molecule has 1 N–H and O–H groups in total. The number of benzene rings is 2. The molecule has 0 spiro atoms. The quantitative estimate of drug-likeness (QED) is 0.102. The summed E-state index contributed by atoms with van der Waals surface area (Å²) >= 11 is 6.17. The van der Waals surface area contributed by atoms with Gasteiger partial charge in [0.1, 0.15) is 4.83 Å². The minimum atomic E-state index is -0.482. The lowest BCUT2D eigenvalue weighted by Gasteiger charge is -2.13. The molecule has 9 nitrogen and oxygen atoms in total. The van der Waals surface area contributed by atoms with Crippen LogP contribution in [-0.4, -0.2) is 32.3 Å². The average molecular weight is 599 g/mol. The highest BCUT2D eigenvalue weighted by Crippen LogP contribution is 2.35. The lowest BCUT2D eigenvalue weighted by Crippen LogP contribution is -2.24. The van der Waals surface area contributed by atoms with Crippen LogP contribution in [0.3, 0.4) is 0 Å². The van der Waals surface area contributed by atoms with Gasteiger partial charge in [-0.2, -0.15) is 5.10 Å². The van der Waals surface area contributed by atoms with Gasteiger partial charge in [-0.15, -0.1) is 11.3 Å². The third kappa shape index (κ3) is 5.50. The SMILES string of the molecule is O=C(CSc1nc2sc3c(c2c(=O)n1-c1ccc(Br)cc1)CCCC3)NN=Cc1ccc([N+](=O)[O-])cc1. The Kier molecular flexibility index (Phi) is 7.49. The molecule has 2 aromatic heterocycles. The van der Waals surface area contributed by atoms with E-state index >= 15 is 0 Å². The van der Waals surface area contributed by atoms with E-state index in [4.69, 9.17) is 4.98 Å². The van der Waals surface area contributed by atoms with Gasteiger partial charge in [-0.3, -0.25) is 24.3 Å². The number of fused-ring (bicyclic) bond motifs is 3. The van der Waals surface area contributed by atoms with E-state index in [2.05, 4.69) is 26.5 Å². The number of aromatic nitrogens is 2. The molecule has 1 amide bonds. The monoisotopic (exact) mass is 597 g/mol. The summed E-state index contributed by atoms with van der Waals surface area (Å²) < 4.78 is 2.47. The number of thiophene rings is 1. The van der Waals surface area contributed by atoms with E-state index in [1.54, 1.807) is 28.0 Å². The first-order valence-corrected chi connectivity index (χ1v) is 14.0. The third-order valence-corrected chi connectivity index (χ3v) is 8.54. The number of non-ortho nitro benzene ring substituents is 1. The highest BCUT2D eigenvalue weighted by molar-refractivity contribution is 9.10. The first-order chi connectivity index (χ1) is 17.9. The van der Waals surface area contributed by atoms with Gasteiger partial charge < -0.3 is 0 Å². The standard InChI is InChI=1S/C25H20BrN5O4S2/c26-16-7-11-17(12-8-16)30-24(33)22-19-3-1-2-4-20(19)37-23(22)28-25(30)36-14-21(32)29-27-13-15-5-9-18(10-6-15)31(34)35/h5-13H,1-4,14H2,(H,29,32). The number of thioether (sulfide) groups is 1. The second-order valence-electron chi connectivity index (χ2n) is 8.33. The van der Waals surface area contributed by atoms with Crippen LogP contribution in [-0.2, 0) is 17.6 Å². The van der Waals surface area contributed by atoms with Crippen molar-refractivity contribution in [3.05, 3.63) is 89.5 Å². The van der Waals surface area contributed by atoms with Crippen LogP contribution in [0.5, 0.6) is 0 Å². The molecular weight excluding hydrogens is 578 g/mol.